The Hall–Kier alpha value is -3.56. The number of hydrogen-bond acceptors (Lipinski definition) is 5. The molecule has 0 radical (unpaired) electrons. The van der Waals surface area contributed by atoms with Crippen LogP contribution in [0.3, 0.4) is 0 Å². The lowest BCUT2D eigenvalue weighted by Crippen LogP contribution is -2.13. The van der Waals surface area contributed by atoms with E-state index in [0.717, 1.165) is 16.3 Å². The van der Waals surface area contributed by atoms with Gasteiger partial charge in [0.25, 0.3) is 10.0 Å². The molecule has 0 bridgehead atoms. The number of carbonyl (C=O) groups is 1. The number of thiazole rings is 1. The monoisotopic (exact) mass is 453 g/mol. The summed E-state index contributed by atoms with van der Waals surface area (Å²) in [6, 6.07) is 18.5. The average Bonchev–Trinajstić information content (AvgIpc) is 3.15. The van der Waals surface area contributed by atoms with Crippen LogP contribution in [0.2, 0.25) is 0 Å². The molecule has 0 saturated heterocycles. The molecule has 1 aromatic heterocycles. The first-order valence-corrected chi connectivity index (χ1v) is 11.4. The van der Waals surface area contributed by atoms with E-state index in [4.69, 9.17) is 0 Å². The fourth-order valence-electron chi connectivity index (χ4n) is 2.78. The average molecular weight is 454 g/mol. The molecular formula is C22H16FN3O3S2. The van der Waals surface area contributed by atoms with E-state index in [0.29, 0.717) is 10.7 Å². The van der Waals surface area contributed by atoms with E-state index < -0.39 is 15.8 Å². The molecule has 0 atom stereocenters. The molecule has 31 heavy (non-hydrogen) atoms. The lowest BCUT2D eigenvalue weighted by molar-refractivity contribution is -0.111. The first-order valence-electron chi connectivity index (χ1n) is 9.12. The van der Waals surface area contributed by atoms with Crippen LogP contribution in [0.25, 0.3) is 16.3 Å². The molecule has 1 heterocycles. The Bertz CT molecular complexity index is 1350. The van der Waals surface area contributed by atoms with E-state index in [9.17, 15) is 17.6 Å². The molecule has 0 spiro atoms. The summed E-state index contributed by atoms with van der Waals surface area (Å²) < 4.78 is 41.5. The Balaban J connectivity index is 1.41. The second kappa shape index (κ2) is 8.66. The minimum absolute atomic E-state index is 0.0141. The Morgan fingerprint density at radius 2 is 1.74 bits per heavy atom. The second-order valence-corrected chi connectivity index (χ2v) is 9.23. The topological polar surface area (TPSA) is 88.2 Å². The Morgan fingerprint density at radius 1 is 0.968 bits per heavy atom. The van der Waals surface area contributed by atoms with Crippen LogP contribution >= 0.6 is 11.3 Å². The summed E-state index contributed by atoms with van der Waals surface area (Å²) in [5.74, 6) is -0.912. The smallest absolute Gasteiger partial charge is 0.261 e. The van der Waals surface area contributed by atoms with Crippen molar-refractivity contribution >= 4 is 54.9 Å². The Morgan fingerprint density at radius 3 is 2.48 bits per heavy atom. The van der Waals surface area contributed by atoms with E-state index in [-0.39, 0.29) is 16.5 Å². The molecule has 0 aliphatic carbocycles. The van der Waals surface area contributed by atoms with Crippen LogP contribution in [0, 0.1) is 5.82 Å². The van der Waals surface area contributed by atoms with E-state index >= 15 is 0 Å². The van der Waals surface area contributed by atoms with Crippen LogP contribution < -0.4 is 10.0 Å². The van der Waals surface area contributed by atoms with Crippen LogP contribution in [0.1, 0.15) is 5.01 Å². The summed E-state index contributed by atoms with van der Waals surface area (Å²) in [6.45, 7) is 0. The zero-order valence-corrected chi connectivity index (χ0v) is 17.6. The first kappa shape index (κ1) is 20.7. The summed E-state index contributed by atoms with van der Waals surface area (Å²) >= 11 is 1.48. The Labute approximate surface area is 182 Å². The van der Waals surface area contributed by atoms with Gasteiger partial charge in [-0.3, -0.25) is 9.52 Å². The van der Waals surface area contributed by atoms with Gasteiger partial charge in [0.15, 0.2) is 0 Å². The maximum atomic E-state index is 13.3. The number of benzene rings is 3. The van der Waals surface area contributed by atoms with E-state index in [2.05, 4.69) is 15.0 Å². The number of carbonyl (C=O) groups excluding carboxylic acids is 1. The number of nitrogens with zero attached hydrogens (tertiary/aromatic N) is 1. The highest BCUT2D eigenvalue weighted by atomic mass is 32.2. The number of aromatic nitrogens is 1. The van der Waals surface area contributed by atoms with E-state index in [1.54, 1.807) is 6.08 Å². The van der Waals surface area contributed by atoms with Crippen molar-refractivity contribution in [2.24, 2.45) is 0 Å². The first-order chi connectivity index (χ1) is 14.9. The van der Waals surface area contributed by atoms with Crippen molar-refractivity contribution in [3.8, 4) is 0 Å². The second-order valence-electron chi connectivity index (χ2n) is 6.48. The molecule has 3 aromatic carbocycles. The molecular weight excluding hydrogens is 437 g/mol. The number of amides is 1. The SMILES string of the molecule is O=C(/C=C/c1nc2ccccc2s1)Nc1ccc(S(=O)(=O)Nc2cccc(F)c2)cc1. The minimum atomic E-state index is -3.88. The molecule has 0 aliphatic rings. The van der Waals surface area contributed by atoms with Crippen LogP contribution in [0.4, 0.5) is 15.8 Å². The highest BCUT2D eigenvalue weighted by molar-refractivity contribution is 7.92. The van der Waals surface area contributed by atoms with Crippen molar-refractivity contribution in [3.63, 3.8) is 0 Å². The third-order valence-electron chi connectivity index (χ3n) is 4.20. The summed E-state index contributed by atoms with van der Waals surface area (Å²) in [7, 11) is -3.88. The minimum Gasteiger partial charge on any atom is -0.323 e. The Kier molecular flexibility index (Phi) is 5.79. The summed E-state index contributed by atoms with van der Waals surface area (Å²) in [5, 5.41) is 3.38. The number of hydrogen-bond donors (Lipinski definition) is 2. The number of sulfonamides is 1. The summed E-state index contributed by atoms with van der Waals surface area (Å²) in [5.41, 5.74) is 1.43. The number of para-hydroxylation sites is 1. The molecule has 4 rings (SSSR count). The van der Waals surface area contributed by atoms with Crippen molar-refractivity contribution in [1.29, 1.82) is 0 Å². The van der Waals surface area contributed by atoms with Gasteiger partial charge in [-0.1, -0.05) is 18.2 Å². The lowest BCUT2D eigenvalue weighted by atomic mass is 10.3. The summed E-state index contributed by atoms with van der Waals surface area (Å²) in [6.07, 6.45) is 3.00. The van der Waals surface area contributed by atoms with E-state index in [1.165, 1.54) is 59.9 Å². The molecule has 4 aromatic rings. The van der Waals surface area contributed by atoms with Gasteiger partial charge in [-0.2, -0.15) is 0 Å². The van der Waals surface area contributed by atoms with Crippen LogP contribution in [-0.2, 0) is 14.8 Å². The van der Waals surface area contributed by atoms with Gasteiger partial charge in [-0.05, 0) is 60.7 Å². The molecule has 0 unspecified atom stereocenters. The van der Waals surface area contributed by atoms with Gasteiger partial charge < -0.3 is 5.32 Å². The number of rotatable bonds is 6. The lowest BCUT2D eigenvalue weighted by Gasteiger charge is -2.09. The quantitative estimate of drug-likeness (QED) is 0.407. The number of nitrogens with one attached hydrogen (secondary N) is 2. The van der Waals surface area contributed by atoms with Gasteiger partial charge in [0.1, 0.15) is 10.8 Å². The molecule has 6 nitrogen and oxygen atoms in total. The molecule has 0 aliphatic heterocycles. The van der Waals surface area contributed by atoms with Crippen molar-refractivity contribution in [1.82, 2.24) is 4.98 Å². The maximum Gasteiger partial charge on any atom is 0.261 e. The zero-order valence-electron chi connectivity index (χ0n) is 15.9. The van der Waals surface area contributed by atoms with Gasteiger partial charge in [0.05, 0.1) is 20.8 Å². The van der Waals surface area contributed by atoms with Crippen LogP contribution in [0.5, 0.6) is 0 Å². The van der Waals surface area contributed by atoms with Crippen molar-refractivity contribution < 1.29 is 17.6 Å². The van der Waals surface area contributed by atoms with Gasteiger partial charge >= 0.3 is 0 Å². The third kappa shape index (κ3) is 5.14. The van der Waals surface area contributed by atoms with Crippen LogP contribution in [-0.4, -0.2) is 19.3 Å². The zero-order chi connectivity index (χ0) is 21.8. The van der Waals surface area contributed by atoms with Gasteiger partial charge in [-0.25, -0.2) is 17.8 Å². The predicted molar refractivity (Wildman–Crippen MR) is 121 cm³/mol. The third-order valence-corrected chi connectivity index (χ3v) is 6.60. The van der Waals surface area contributed by atoms with Crippen molar-refractivity contribution in [3.05, 3.63) is 89.7 Å². The fraction of sp³-hybridized carbons (Fsp3) is 0. The predicted octanol–water partition coefficient (Wildman–Crippen LogP) is 4.89. The molecule has 0 fully saturated rings. The summed E-state index contributed by atoms with van der Waals surface area (Å²) in [4.78, 5) is 16.6. The number of fused-ring (bicyclic) bond motifs is 1. The highest BCUT2D eigenvalue weighted by Crippen LogP contribution is 2.22. The fourth-order valence-corrected chi connectivity index (χ4v) is 4.70. The molecule has 156 valence electrons. The standard InChI is InChI=1S/C22H16FN3O3S2/c23-15-4-3-5-17(14-15)26-31(28,29)18-10-8-16(9-11-18)24-21(27)12-13-22-25-19-6-1-2-7-20(19)30-22/h1-14,26H,(H,24,27)/b13-12+. The van der Waals surface area contributed by atoms with Crippen molar-refractivity contribution in [2.75, 3.05) is 10.0 Å². The maximum absolute atomic E-state index is 13.3. The highest BCUT2D eigenvalue weighted by Gasteiger charge is 2.14. The van der Waals surface area contributed by atoms with E-state index in [1.807, 2.05) is 24.3 Å². The molecule has 1 amide bonds. The largest absolute Gasteiger partial charge is 0.323 e. The molecule has 0 saturated carbocycles. The number of anilines is 2. The van der Waals surface area contributed by atoms with Gasteiger partial charge in [0, 0.05) is 11.8 Å². The van der Waals surface area contributed by atoms with Gasteiger partial charge in [0.2, 0.25) is 5.91 Å². The van der Waals surface area contributed by atoms with Crippen molar-refractivity contribution in [2.45, 2.75) is 4.90 Å². The molecule has 2 N–H and O–H groups in total. The van der Waals surface area contributed by atoms with Crippen LogP contribution in [0.15, 0.2) is 83.8 Å². The number of halogens is 1. The normalized spacial score (nSPS) is 11.6. The van der Waals surface area contributed by atoms with Gasteiger partial charge in [-0.15, -0.1) is 11.3 Å². The molecule has 9 heteroatoms.